The first-order valence-electron chi connectivity index (χ1n) is 9.54. The predicted molar refractivity (Wildman–Crippen MR) is 117 cm³/mol. The highest BCUT2D eigenvalue weighted by Gasteiger charge is 2.22. The van der Waals surface area contributed by atoms with Gasteiger partial charge in [-0.3, -0.25) is 34.9 Å². The van der Waals surface area contributed by atoms with Gasteiger partial charge in [0.2, 0.25) is 0 Å². The molecule has 3 aromatic rings. The van der Waals surface area contributed by atoms with E-state index in [0.717, 1.165) is 22.5 Å². The minimum atomic E-state index is -0.819. The van der Waals surface area contributed by atoms with Crippen molar-refractivity contribution in [1.29, 1.82) is 0 Å². The maximum atomic E-state index is 11.2. The second kappa shape index (κ2) is 10.2. The molecule has 0 unspecified atom stereocenters. The average molecular weight is 438 g/mol. The van der Waals surface area contributed by atoms with Crippen molar-refractivity contribution < 1.29 is 19.4 Å². The van der Waals surface area contributed by atoms with Crippen molar-refractivity contribution in [2.24, 2.45) is 0 Å². The van der Waals surface area contributed by atoms with Crippen molar-refractivity contribution in [3.05, 3.63) is 85.7 Å². The number of hydrogen-bond donors (Lipinski definition) is 1. The van der Waals surface area contributed by atoms with Gasteiger partial charge in [-0.25, -0.2) is 0 Å². The number of hydrogen-bond acceptors (Lipinski definition) is 7. The van der Waals surface area contributed by atoms with Gasteiger partial charge in [0.1, 0.15) is 17.5 Å². The Kier molecular flexibility index (Phi) is 7.67. The number of ketones is 2. The van der Waals surface area contributed by atoms with E-state index in [1.54, 1.807) is 12.1 Å². The van der Waals surface area contributed by atoms with E-state index in [1.807, 2.05) is 13.8 Å². The molecule has 0 spiro atoms. The van der Waals surface area contributed by atoms with Gasteiger partial charge in [0.05, 0.1) is 15.5 Å². The zero-order chi connectivity index (χ0) is 24.0. The zero-order valence-corrected chi connectivity index (χ0v) is 18.0. The number of aromatic nitrogens is 2. The number of nitrogens with one attached hydrogen (secondary N) is 1. The van der Waals surface area contributed by atoms with Gasteiger partial charge in [-0.2, -0.15) is 5.10 Å². The number of aryl methyl sites for hydroxylation is 2. The van der Waals surface area contributed by atoms with Crippen LogP contribution in [0.2, 0.25) is 0 Å². The third kappa shape index (κ3) is 5.69. The summed E-state index contributed by atoms with van der Waals surface area (Å²) in [6.45, 7) is 6.48. The van der Waals surface area contributed by atoms with Gasteiger partial charge in [0.15, 0.2) is 0 Å². The van der Waals surface area contributed by atoms with E-state index >= 15 is 0 Å². The number of aromatic amines is 1. The molecule has 0 atom stereocenters. The quantitative estimate of drug-likeness (QED) is 0.339. The summed E-state index contributed by atoms with van der Waals surface area (Å²) in [7, 11) is 0. The lowest BCUT2D eigenvalue weighted by atomic mass is 9.92. The van der Waals surface area contributed by atoms with Gasteiger partial charge in [0, 0.05) is 35.5 Å². The molecule has 0 fully saturated rings. The number of non-ortho nitro benzene ring substituents is 2. The molecule has 3 rings (SSSR count). The van der Waals surface area contributed by atoms with E-state index in [-0.39, 0.29) is 22.9 Å². The van der Waals surface area contributed by atoms with Crippen LogP contribution in [-0.2, 0) is 9.59 Å². The van der Waals surface area contributed by atoms with Gasteiger partial charge < -0.3 is 0 Å². The maximum Gasteiger partial charge on any atom is 0.269 e. The summed E-state index contributed by atoms with van der Waals surface area (Å²) in [5, 5.41) is 27.9. The van der Waals surface area contributed by atoms with Crippen LogP contribution in [0.1, 0.15) is 36.7 Å². The second-order valence-electron chi connectivity index (χ2n) is 7.12. The number of nitro benzene ring substituents is 2. The Morgan fingerprint density at radius 3 is 1.62 bits per heavy atom. The van der Waals surface area contributed by atoms with Crippen LogP contribution in [0.3, 0.4) is 0 Å². The average Bonchev–Trinajstić information content (AvgIpc) is 3.06. The smallest absolute Gasteiger partial charge is 0.269 e. The molecule has 0 radical (unpaired) electrons. The fraction of sp³-hybridized carbons (Fsp3) is 0.227. The summed E-state index contributed by atoms with van der Waals surface area (Å²) in [5.41, 5.74) is 4.34. The fourth-order valence-electron chi connectivity index (χ4n) is 3.27. The van der Waals surface area contributed by atoms with Crippen molar-refractivity contribution in [2.45, 2.75) is 33.6 Å². The van der Waals surface area contributed by atoms with Crippen LogP contribution in [0.25, 0.3) is 11.1 Å². The molecular formula is C22H22N4O6. The van der Waals surface area contributed by atoms with Crippen LogP contribution in [-0.4, -0.2) is 31.6 Å². The van der Waals surface area contributed by atoms with Crippen LogP contribution < -0.4 is 0 Å². The van der Waals surface area contributed by atoms with Gasteiger partial charge in [-0.1, -0.05) is 12.1 Å². The summed E-state index contributed by atoms with van der Waals surface area (Å²) in [6, 6.07) is 11.9. The van der Waals surface area contributed by atoms with Gasteiger partial charge in [0.25, 0.3) is 11.4 Å². The lowest BCUT2D eigenvalue weighted by molar-refractivity contribution is -0.385. The van der Waals surface area contributed by atoms with E-state index < -0.39 is 15.8 Å². The molecule has 10 heteroatoms. The van der Waals surface area contributed by atoms with Gasteiger partial charge in [-0.05, 0) is 51.0 Å². The minimum Gasteiger partial charge on any atom is -0.299 e. The molecule has 0 bridgehead atoms. The molecule has 0 aliphatic rings. The molecular weight excluding hydrogens is 416 g/mol. The van der Waals surface area contributed by atoms with Crippen molar-refractivity contribution in [3.8, 4) is 11.1 Å². The number of nitrogens with zero attached hydrogens (tertiary/aromatic N) is 3. The number of rotatable bonds is 6. The van der Waals surface area contributed by atoms with Crippen molar-refractivity contribution in [1.82, 2.24) is 10.2 Å². The van der Waals surface area contributed by atoms with Crippen LogP contribution in [0.5, 0.6) is 0 Å². The van der Waals surface area contributed by atoms with Crippen molar-refractivity contribution in [3.63, 3.8) is 0 Å². The highest BCUT2D eigenvalue weighted by atomic mass is 16.6. The molecule has 0 aliphatic heterocycles. The van der Waals surface area contributed by atoms with Crippen molar-refractivity contribution in [2.75, 3.05) is 0 Å². The summed E-state index contributed by atoms with van der Waals surface area (Å²) in [6.07, 6.45) is 0. The number of carbonyl (C=O) groups is 2. The first kappa shape index (κ1) is 24.1. The molecule has 0 saturated heterocycles. The molecule has 1 N–H and O–H groups in total. The summed E-state index contributed by atoms with van der Waals surface area (Å²) < 4.78 is 0. The summed E-state index contributed by atoms with van der Waals surface area (Å²) in [4.78, 5) is 42.5. The Morgan fingerprint density at radius 2 is 1.28 bits per heavy atom. The maximum absolute atomic E-state index is 11.2. The second-order valence-corrected chi connectivity index (χ2v) is 7.12. The van der Waals surface area contributed by atoms with Crippen LogP contribution >= 0.6 is 0 Å². The monoisotopic (exact) mass is 438 g/mol. The molecule has 1 heterocycles. The van der Waals surface area contributed by atoms with Crippen molar-refractivity contribution >= 4 is 22.9 Å². The molecule has 0 amide bonds. The molecule has 166 valence electrons. The minimum absolute atomic E-state index is 0.0606. The summed E-state index contributed by atoms with van der Waals surface area (Å²) in [5.74, 6) is -1.34. The van der Waals surface area contributed by atoms with E-state index in [0.29, 0.717) is 5.56 Å². The third-order valence-electron chi connectivity index (χ3n) is 4.75. The third-order valence-corrected chi connectivity index (χ3v) is 4.75. The van der Waals surface area contributed by atoms with Crippen LogP contribution in [0.15, 0.2) is 48.5 Å². The SMILES string of the molecule is CC(=O)C(C(C)=O)c1ccc([N+](=O)[O-])cc1.Cc1n[nH]c(C)c1-c1ccc([N+](=O)[O-])cc1. The zero-order valence-electron chi connectivity index (χ0n) is 18.0. The topological polar surface area (TPSA) is 149 Å². The Balaban J connectivity index is 0.000000227. The van der Waals surface area contributed by atoms with E-state index in [1.165, 1.54) is 50.2 Å². The Bertz CT molecular complexity index is 1120. The Labute approximate surface area is 183 Å². The number of benzene rings is 2. The lowest BCUT2D eigenvalue weighted by Gasteiger charge is -2.09. The van der Waals surface area contributed by atoms with Gasteiger partial charge >= 0.3 is 0 Å². The molecule has 32 heavy (non-hydrogen) atoms. The summed E-state index contributed by atoms with van der Waals surface area (Å²) >= 11 is 0. The predicted octanol–water partition coefficient (Wildman–Crippen LogP) is 4.46. The Hall–Kier alpha value is -4.21. The van der Waals surface area contributed by atoms with E-state index in [9.17, 15) is 29.8 Å². The van der Waals surface area contributed by atoms with E-state index in [4.69, 9.17) is 0 Å². The molecule has 1 aromatic heterocycles. The van der Waals surface area contributed by atoms with E-state index in [2.05, 4.69) is 10.2 Å². The normalized spacial score (nSPS) is 10.3. The molecule has 2 aromatic carbocycles. The number of Topliss-reactive ketones (excluding diaryl/α,β-unsaturated/α-hetero) is 2. The molecule has 10 nitrogen and oxygen atoms in total. The number of H-pyrrole nitrogens is 1. The standard InChI is InChI=1S/C11H11N3O2.C11H11NO4/c1-7-11(8(2)13-12-7)9-3-5-10(6-4-9)14(15)16;1-7(13)11(8(2)14)9-3-5-10(6-4-9)12(15)16/h3-6H,1-2H3,(H,12,13);3-6,11H,1-2H3. The first-order chi connectivity index (χ1) is 15.0. The highest BCUT2D eigenvalue weighted by molar-refractivity contribution is 6.05. The lowest BCUT2D eigenvalue weighted by Crippen LogP contribution is -2.16. The molecule has 0 saturated carbocycles. The van der Waals surface area contributed by atoms with Crippen LogP contribution in [0.4, 0.5) is 11.4 Å². The largest absolute Gasteiger partial charge is 0.299 e. The number of carbonyl (C=O) groups excluding carboxylic acids is 2. The van der Waals surface area contributed by atoms with Crippen LogP contribution in [0, 0.1) is 34.1 Å². The first-order valence-corrected chi connectivity index (χ1v) is 9.54. The molecule has 0 aliphatic carbocycles. The highest BCUT2D eigenvalue weighted by Crippen LogP contribution is 2.26. The fourth-order valence-corrected chi connectivity index (χ4v) is 3.27. The van der Waals surface area contributed by atoms with Gasteiger partial charge in [-0.15, -0.1) is 0 Å². The number of nitro groups is 2. The Morgan fingerprint density at radius 1 is 0.844 bits per heavy atom.